The minimum absolute atomic E-state index is 0.106. The highest BCUT2D eigenvalue weighted by Crippen LogP contribution is 2.38. The number of fused-ring (bicyclic) bond motifs is 1. The van der Waals surface area contributed by atoms with Crippen LogP contribution in [-0.4, -0.2) is 10.2 Å². The molecule has 0 spiro atoms. The normalized spacial score (nSPS) is 10.9. The number of rotatable bonds is 4. The molecule has 0 bridgehead atoms. The molecule has 0 unspecified atom stereocenters. The molecule has 148 valence electrons. The molecule has 0 amide bonds. The van der Waals surface area contributed by atoms with Gasteiger partial charge in [0.05, 0.1) is 0 Å². The van der Waals surface area contributed by atoms with Crippen LogP contribution in [0.15, 0.2) is 94.7 Å². The van der Waals surface area contributed by atoms with Gasteiger partial charge in [-0.05, 0) is 65.3 Å². The Labute approximate surface area is 192 Å². The lowest BCUT2D eigenvalue weighted by molar-refractivity contribution is 0.108. The van der Waals surface area contributed by atoms with Crippen LogP contribution in [0.2, 0.25) is 10.0 Å². The molecule has 0 saturated heterocycles. The van der Waals surface area contributed by atoms with Crippen molar-refractivity contribution < 1.29 is 9.59 Å². The number of benzene rings is 4. The largest absolute Gasteiger partial charge is 0.281 e. The van der Waals surface area contributed by atoms with Gasteiger partial charge in [0.1, 0.15) is 0 Å². The summed E-state index contributed by atoms with van der Waals surface area (Å²) in [6.07, 6.45) is 0. The molecule has 2 nitrogen and oxygen atoms in total. The van der Waals surface area contributed by atoms with E-state index in [2.05, 4.69) is 0 Å². The minimum atomic E-state index is -0.106. The summed E-state index contributed by atoms with van der Waals surface area (Å²) >= 11 is 14.3. The fourth-order valence-electron chi connectivity index (χ4n) is 2.99. The number of thioether (sulfide) groups is 2. The average Bonchev–Trinajstić information content (AvgIpc) is 2.74. The molecule has 4 rings (SSSR count). The molecular weight excluding hydrogens is 455 g/mol. The molecule has 6 heteroatoms. The molecule has 0 atom stereocenters. The molecule has 0 aromatic heterocycles. The van der Waals surface area contributed by atoms with E-state index in [-0.39, 0.29) is 10.2 Å². The molecule has 0 heterocycles. The van der Waals surface area contributed by atoms with Crippen molar-refractivity contribution in [2.24, 2.45) is 0 Å². The molecule has 0 aliphatic rings. The molecule has 0 N–H and O–H groups in total. The second kappa shape index (κ2) is 9.27. The third kappa shape index (κ3) is 4.73. The Morgan fingerprint density at radius 3 is 1.47 bits per heavy atom. The molecule has 30 heavy (non-hydrogen) atoms. The van der Waals surface area contributed by atoms with Gasteiger partial charge in [0.15, 0.2) is 0 Å². The molecule has 0 saturated carbocycles. The van der Waals surface area contributed by atoms with Gasteiger partial charge >= 0.3 is 0 Å². The van der Waals surface area contributed by atoms with Crippen molar-refractivity contribution >= 4 is 67.7 Å². The van der Waals surface area contributed by atoms with Crippen LogP contribution in [0.4, 0.5) is 0 Å². The summed E-state index contributed by atoms with van der Waals surface area (Å²) in [5.74, 6) is 0. The first-order valence-corrected chi connectivity index (χ1v) is 11.4. The van der Waals surface area contributed by atoms with Gasteiger partial charge in [0, 0.05) is 36.3 Å². The third-order valence-corrected chi connectivity index (χ3v) is 6.79. The predicted molar refractivity (Wildman–Crippen MR) is 127 cm³/mol. The van der Waals surface area contributed by atoms with Crippen LogP contribution in [0.25, 0.3) is 10.8 Å². The second-order valence-corrected chi connectivity index (χ2v) is 9.31. The zero-order chi connectivity index (χ0) is 21.1. The third-order valence-electron chi connectivity index (χ3n) is 4.35. The zero-order valence-electron chi connectivity index (χ0n) is 15.5. The first-order chi connectivity index (χ1) is 14.5. The molecule has 0 fully saturated rings. The van der Waals surface area contributed by atoms with Crippen LogP contribution in [-0.2, 0) is 0 Å². The van der Waals surface area contributed by atoms with Gasteiger partial charge in [-0.1, -0.05) is 71.7 Å². The smallest absolute Gasteiger partial charge is 0.224 e. The summed E-state index contributed by atoms with van der Waals surface area (Å²) < 4.78 is 0. The maximum Gasteiger partial charge on any atom is 0.224 e. The summed E-state index contributed by atoms with van der Waals surface area (Å²) in [6.45, 7) is 0. The summed E-state index contributed by atoms with van der Waals surface area (Å²) in [7, 11) is 0. The van der Waals surface area contributed by atoms with E-state index in [9.17, 15) is 9.59 Å². The van der Waals surface area contributed by atoms with E-state index in [4.69, 9.17) is 23.2 Å². The van der Waals surface area contributed by atoms with E-state index in [0.717, 1.165) is 44.1 Å². The van der Waals surface area contributed by atoms with E-state index < -0.39 is 0 Å². The topological polar surface area (TPSA) is 34.1 Å². The summed E-state index contributed by atoms with van der Waals surface area (Å²) in [5.41, 5.74) is 1.06. The molecular formula is C24H14Cl2O2S2. The van der Waals surface area contributed by atoms with Crippen molar-refractivity contribution in [2.45, 2.75) is 9.79 Å². The number of hydrogen-bond acceptors (Lipinski definition) is 4. The van der Waals surface area contributed by atoms with Crippen molar-refractivity contribution in [3.63, 3.8) is 0 Å². The average molecular weight is 469 g/mol. The first kappa shape index (κ1) is 21.0. The monoisotopic (exact) mass is 468 g/mol. The maximum absolute atomic E-state index is 12.8. The van der Waals surface area contributed by atoms with Gasteiger partial charge in [-0.25, -0.2) is 0 Å². The fourth-order valence-corrected chi connectivity index (χ4v) is 5.28. The van der Waals surface area contributed by atoms with Crippen molar-refractivity contribution in [3.8, 4) is 0 Å². The summed E-state index contributed by atoms with van der Waals surface area (Å²) in [5, 5.41) is 2.66. The Morgan fingerprint density at radius 1 is 0.600 bits per heavy atom. The lowest BCUT2D eigenvalue weighted by atomic mass is 10.1. The Balaban J connectivity index is 1.70. The highest BCUT2D eigenvalue weighted by molar-refractivity contribution is 8.15. The van der Waals surface area contributed by atoms with Crippen LogP contribution in [0, 0.1) is 0 Å². The quantitative estimate of drug-likeness (QED) is 0.284. The second-order valence-electron chi connectivity index (χ2n) is 6.41. The van der Waals surface area contributed by atoms with Crippen molar-refractivity contribution in [2.75, 3.05) is 0 Å². The van der Waals surface area contributed by atoms with Crippen LogP contribution in [0.3, 0.4) is 0 Å². The molecule has 4 aromatic carbocycles. The predicted octanol–water partition coefficient (Wildman–Crippen LogP) is 8.01. The highest BCUT2D eigenvalue weighted by atomic mass is 35.5. The lowest BCUT2D eigenvalue weighted by Gasteiger charge is -2.11. The molecule has 4 aromatic rings. The van der Waals surface area contributed by atoms with E-state index >= 15 is 0 Å². The van der Waals surface area contributed by atoms with Crippen molar-refractivity contribution in [1.29, 1.82) is 0 Å². The Morgan fingerprint density at radius 2 is 1.03 bits per heavy atom. The fraction of sp³-hybridized carbons (Fsp3) is 0. The summed E-state index contributed by atoms with van der Waals surface area (Å²) in [6, 6.07) is 25.3. The zero-order valence-corrected chi connectivity index (χ0v) is 18.6. The number of carbonyl (C=O) groups is 2. The van der Waals surface area contributed by atoms with Gasteiger partial charge in [0.2, 0.25) is 10.2 Å². The van der Waals surface area contributed by atoms with Gasteiger partial charge < -0.3 is 0 Å². The Bertz CT molecular complexity index is 1180. The van der Waals surface area contributed by atoms with Crippen LogP contribution in [0.1, 0.15) is 20.7 Å². The SMILES string of the molecule is O=C(Sc1cccc2cccc(SC(=O)c3cccc(Cl)c3)c12)c1cccc(Cl)c1. The van der Waals surface area contributed by atoms with E-state index in [1.807, 2.05) is 36.4 Å². The van der Waals surface area contributed by atoms with Gasteiger partial charge in [-0.15, -0.1) is 0 Å². The van der Waals surface area contributed by atoms with E-state index in [0.29, 0.717) is 21.2 Å². The first-order valence-electron chi connectivity index (χ1n) is 8.98. The number of halogens is 2. The van der Waals surface area contributed by atoms with E-state index in [1.165, 1.54) is 0 Å². The number of hydrogen-bond donors (Lipinski definition) is 0. The van der Waals surface area contributed by atoms with Gasteiger partial charge in [-0.2, -0.15) is 0 Å². The van der Waals surface area contributed by atoms with Crippen molar-refractivity contribution in [3.05, 3.63) is 106 Å². The van der Waals surface area contributed by atoms with Crippen molar-refractivity contribution in [1.82, 2.24) is 0 Å². The highest BCUT2D eigenvalue weighted by Gasteiger charge is 2.16. The number of carbonyl (C=O) groups excluding carboxylic acids is 2. The van der Waals surface area contributed by atoms with Gasteiger partial charge in [0.25, 0.3) is 0 Å². The lowest BCUT2D eigenvalue weighted by Crippen LogP contribution is -1.95. The standard InChI is InChI=1S/C24H14Cl2O2S2/c25-18-9-1-7-16(13-18)23(27)29-20-11-3-5-15-6-4-12-21(22(15)20)30-24(28)17-8-2-10-19(26)14-17/h1-14H. The molecule has 0 aliphatic heterocycles. The van der Waals surface area contributed by atoms with Crippen LogP contribution in [0.5, 0.6) is 0 Å². The van der Waals surface area contributed by atoms with Crippen LogP contribution >= 0.6 is 46.7 Å². The van der Waals surface area contributed by atoms with Crippen LogP contribution < -0.4 is 0 Å². The minimum Gasteiger partial charge on any atom is -0.281 e. The maximum atomic E-state index is 12.8. The summed E-state index contributed by atoms with van der Waals surface area (Å²) in [4.78, 5) is 27.2. The van der Waals surface area contributed by atoms with E-state index in [1.54, 1.807) is 48.5 Å². The Hall–Kier alpha value is -2.24. The molecule has 0 radical (unpaired) electrons. The molecule has 0 aliphatic carbocycles. The van der Waals surface area contributed by atoms with Gasteiger partial charge in [-0.3, -0.25) is 9.59 Å². The Kier molecular flexibility index (Phi) is 6.49.